The highest BCUT2D eigenvalue weighted by Gasteiger charge is 2.42. The molecule has 5 rings (SSSR count). The molecule has 2 bridgehead atoms. The van der Waals surface area contributed by atoms with Crippen LogP contribution in [-0.4, -0.2) is 59.2 Å². The molecule has 0 spiro atoms. The van der Waals surface area contributed by atoms with Crippen LogP contribution >= 0.6 is 0 Å². The van der Waals surface area contributed by atoms with Gasteiger partial charge in [0, 0.05) is 56.0 Å². The zero-order valence-corrected chi connectivity index (χ0v) is 15.0. The van der Waals surface area contributed by atoms with Crippen LogP contribution in [-0.2, 0) is 10.0 Å². The van der Waals surface area contributed by atoms with Crippen LogP contribution in [0.2, 0.25) is 0 Å². The summed E-state index contributed by atoms with van der Waals surface area (Å²) in [5, 5.41) is 0. The van der Waals surface area contributed by atoms with E-state index in [1.165, 1.54) is 6.20 Å². The number of carbonyl (C=O) groups is 1. The average molecular weight is 372 g/mol. The van der Waals surface area contributed by atoms with Gasteiger partial charge in [0.1, 0.15) is 4.90 Å². The molecule has 2 aromatic rings. The zero-order valence-electron chi connectivity index (χ0n) is 14.2. The number of hydrogen-bond donors (Lipinski definition) is 0. The van der Waals surface area contributed by atoms with E-state index in [0.29, 0.717) is 25.2 Å². The van der Waals surface area contributed by atoms with E-state index in [4.69, 9.17) is 0 Å². The zero-order chi connectivity index (χ0) is 18.1. The van der Waals surface area contributed by atoms with E-state index in [2.05, 4.69) is 9.97 Å². The first-order chi connectivity index (χ1) is 12.6. The lowest BCUT2D eigenvalue weighted by atomic mass is 9.97. The average Bonchev–Trinajstić information content (AvgIpc) is 3.01. The molecule has 0 aromatic carbocycles. The maximum atomic E-state index is 13.1. The Morgan fingerprint density at radius 1 is 1.00 bits per heavy atom. The van der Waals surface area contributed by atoms with Gasteiger partial charge in [-0.05, 0) is 43.0 Å². The quantitative estimate of drug-likeness (QED) is 0.813. The van der Waals surface area contributed by atoms with E-state index in [9.17, 15) is 13.2 Å². The second-order valence-electron chi connectivity index (χ2n) is 6.81. The van der Waals surface area contributed by atoms with Crippen LogP contribution in [0.4, 0.5) is 0 Å². The van der Waals surface area contributed by atoms with Gasteiger partial charge in [-0.3, -0.25) is 14.8 Å². The SMILES string of the molecule is O=C(c1ccncc1)N1C[C@@H]2CC[C@H](C1)N(S(=O)(=O)c1cccnc1)C2. The summed E-state index contributed by atoms with van der Waals surface area (Å²) in [4.78, 5) is 22.7. The van der Waals surface area contributed by atoms with Crippen molar-refractivity contribution in [2.24, 2.45) is 5.92 Å². The fraction of sp³-hybridized carbons (Fsp3) is 0.389. The van der Waals surface area contributed by atoms with Gasteiger partial charge in [-0.1, -0.05) is 0 Å². The number of fused-ring (bicyclic) bond motifs is 4. The van der Waals surface area contributed by atoms with Crippen molar-refractivity contribution in [3.63, 3.8) is 0 Å². The number of pyridine rings is 2. The molecule has 3 aliphatic rings. The van der Waals surface area contributed by atoms with E-state index in [-0.39, 0.29) is 22.8 Å². The van der Waals surface area contributed by atoms with Crippen molar-refractivity contribution < 1.29 is 13.2 Å². The van der Waals surface area contributed by atoms with Crippen LogP contribution in [0.1, 0.15) is 23.2 Å². The molecule has 3 aliphatic heterocycles. The van der Waals surface area contributed by atoms with Gasteiger partial charge in [0.25, 0.3) is 5.91 Å². The molecule has 26 heavy (non-hydrogen) atoms. The Morgan fingerprint density at radius 2 is 1.81 bits per heavy atom. The number of nitrogens with zero attached hydrogens (tertiary/aromatic N) is 4. The number of hydrogen-bond acceptors (Lipinski definition) is 5. The van der Waals surface area contributed by atoms with Crippen molar-refractivity contribution >= 4 is 15.9 Å². The molecular formula is C18H20N4O3S. The van der Waals surface area contributed by atoms with Crippen LogP contribution in [0.3, 0.4) is 0 Å². The molecular weight excluding hydrogens is 352 g/mol. The van der Waals surface area contributed by atoms with E-state index in [1.54, 1.807) is 52.1 Å². The van der Waals surface area contributed by atoms with Crippen molar-refractivity contribution in [3.05, 3.63) is 54.6 Å². The van der Waals surface area contributed by atoms with Crippen LogP contribution in [0.15, 0.2) is 53.9 Å². The molecule has 3 fully saturated rings. The lowest BCUT2D eigenvalue weighted by Crippen LogP contribution is -2.47. The molecule has 3 saturated heterocycles. The first kappa shape index (κ1) is 17.1. The summed E-state index contributed by atoms with van der Waals surface area (Å²) < 4.78 is 27.7. The summed E-state index contributed by atoms with van der Waals surface area (Å²) in [6.07, 6.45) is 7.84. The van der Waals surface area contributed by atoms with Crippen molar-refractivity contribution in [2.75, 3.05) is 19.6 Å². The third-order valence-corrected chi connectivity index (χ3v) is 7.02. The highest BCUT2D eigenvalue weighted by Crippen LogP contribution is 2.32. The molecule has 136 valence electrons. The van der Waals surface area contributed by atoms with Gasteiger partial charge in [0.2, 0.25) is 10.0 Å². The predicted octanol–water partition coefficient (Wildman–Crippen LogP) is 1.40. The van der Waals surface area contributed by atoms with Crippen molar-refractivity contribution in [3.8, 4) is 0 Å². The fourth-order valence-corrected chi connectivity index (χ4v) is 5.50. The maximum Gasteiger partial charge on any atom is 0.254 e. The number of aromatic nitrogens is 2. The van der Waals surface area contributed by atoms with E-state index in [0.717, 1.165) is 12.8 Å². The summed E-state index contributed by atoms with van der Waals surface area (Å²) in [6.45, 7) is 1.44. The normalized spacial score (nSPS) is 23.6. The molecule has 8 heteroatoms. The molecule has 0 N–H and O–H groups in total. The molecule has 1 amide bonds. The van der Waals surface area contributed by atoms with Crippen molar-refractivity contribution in [1.29, 1.82) is 0 Å². The summed E-state index contributed by atoms with van der Waals surface area (Å²) in [7, 11) is -3.61. The van der Waals surface area contributed by atoms with Gasteiger partial charge >= 0.3 is 0 Å². The monoisotopic (exact) mass is 372 g/mol. The van der Waals surface area contributed by atoms with Crippen LogP contribution in [0.5, 0.6) is 0 Å². The first-order valence-corrected chi connectivity index (χ1v) is 10.1. The Balaban J connectivity index is 1.60. The Hall–Kier alpha value is -2.32. The van der Waals surface area contributed by atoms with E-state index in [1.807, 2.05) is 0 Å². The topological polar surface area (TPSA) is 83.5 Å². The van der Waals surface area contributed by atoms with Gasteiger partial charge in [-0.25, -0.2) is 8.42 Å². The number of piperidine rings is 1. The highest BCUT2D eigenvalue weighted by atomic mass is 32.2. The Bertz CT molecular complexity index is 889. The first-order valence-electron chi connectivity index (χ1n) is 8.67. The molecule has 5 heterocycles. The molecule has 2 aromatic heterocycles. The standard InChI is InChI=1S/C18H20N4O3S/c23-18(15-5-8-19-9-6-15)21-11-14-3-4-16(13-21)22(12-14)26(24,25)17-2-1-7-20-10-17/h1-2,5-10,14,16H,3-4,11-13H2/t14-,16+/m0/s1. The summed E-state index contributed by atoms with van der Waals surface area (Å²) in [6, 6.07) is 6.38. The van der Waals surface area contributed by atoms with Gasteiger partial charge in [-0.15, -0.1) is 0 Å². The molecule has 0 unspecified atom stereocenters. The minimum absolute atomic E-state index is 0.0649. The second-order valence-corrected chi connectivity index (χ2v) is 8.70. The van der Waals surface area contributed by atoms with Gasteiger partial charge < -0.3 is 4.90 Å². The Morgan fingerprint density at radius 3 is 2.54 bits per heavy atom. The second kappa shape index (κ2) is 6.77. The van der Waals surface area contributed by atoms with Gasteiger partial charge in [-0.2, -0.15) is 4.31 Å². The van der Waals surface area contributed by atoms with Crippen LogP contribution in [0, 0.1) is 5.92 Å². The minimum Gasteiger partial charge on any atom is -0.337 e. The molecule has 0 saturated carbocycles. The molecule has 0 aliphatic carbocycles. The highest BCUT2D eigenvalue weighted by molar-refractivity contribution is 7.89. The predicted molar refractivity (Wildman–Crippen MR) is 94.8 cm³/mol. The molecule has 2 atom stereocenters. The van der Waals surface area contributed by atoms with Crippen LogP contribution < -0.4 is 0 Å². The summed E-state index contributed by atoms with van der Waals surface area (Å²) in [5.74, 6) is 0.0795. The number of sulfonamides is 1. The van der Waals surface area contributed by atoms with Crippen molar-refractivity contribution in [1.82, 2.24) is 19.2 Å². The van der Waals surface area contributed by atoms with E-state index < -0.39 is 10.0 Å². The third-order valence-electron chi connectivity index (χ3n) is 5.12. The van der Waals surface area contributed by atoms with E-state index >= 15 is 0 Å². The molecule has 7 nitrogen and oxygen atoms in total. The lowest BCUT2D eigenvalue weighted by Gasteiger charge is -2.34. The number of rotatable bonds is 3. The lowest BCUT2D eigenvalue weighted by molar-refractivity contribution is 0.0746. The smallest absolute Gasteiger partial charge is 0.254 e. The summed E-state index contributed by atoms with van der Waals surface area (Å²) in [5.41, 5.74) is 0.586. The Labute approximate surface area is 152 Å². The minimum atomic E-state index is -3.61. The largest absolute Gasteiger partial charge is 0.337 e. The third kappa shape index (κ3) is 3.10. The van der Waals surface area contributed by atoms with Crippen LogP contribution in [0.25, 0.3) is 0 Å². The number of carbonyl (C=O) groups excluding carboxylic acids is 1. The van der Waals surface area contributed by atoms with Gasteiger partial charge in [0.05, 0.1) is 0 Å². The molecule has 0 radical (unpaired) electrons. The van der Waals surface area contributed by atoms with Gasteiger partial charge in [0.15, 0.2) is 0 Å². The number of amides is 1. The fourth-order valence-electron chi connectivity index (χ4n) is 3.81. The Kier molecular flexibility index (Phi) is 4.46. The maximum absolute atomic E-state index is 13.1. The van der Waals surface area contributed by atoms with Crippen molar-refractivity contribution in [2.45, 2.75) is 23.8 Å². The summed E-state index contributed by atoms with van der Waals surface area (Å²) >= 11 is 0.